The van der Waals surface area contributed by atoms with Gasteiger partial charge in [-0.1, -0.05) is 11.6 Å². The molecule has 3 N–H and O–H groups in total. The highest BCUT2D eigenvalue weighted by molar-refractivity contribution is 7.89. The number of hydrogen-bond donors (Lipinski definition) is 2. The van der Waals surface area contributed by atoms with Gasteiger partial charge in [-0.05, 0) is 38.5 Å². The van der Waals surface area contributed by atoms with Crippen molar-refractivity contribution < 1.29 is 13.5 Å². The van der Waals surface area contributed by atoms with Crippen molar-refractivity contribution in [3.63, 3.8) is 0 Å². The number of benzene rings is 1. The van der Waals surface area contributed by atoms with Crippen LogP contribution in [0.2, 0.25) is 5.02 Å². The Kier molecular flexibility index (Phi) is 4.51. The summed E-state index contributed by atoms with van der Waals surface area (Å²) in [6, 6.07) is 2.74. The Morgan fingerprint density at radius 2 is 1.95 bits per heavy atom. The van der Waals surface area contributed by atoms with Crippen LogP contribution in [0.3, 0.4) is 0 Å². The molecule has 1 aromatic rings. The van der Waals surface area contributed by atoms with E-state index in [9.17, 15) is 13.5 Å². The van der Waals surface area contributed by atoms with Gasteiger partial charge in [-0.25, -0.2) is 8.42 Å². The Balaban J connectivity index is 3.21. The van der Waals surface area contributed by atoms with Gasteiger partial charge < -0.3 is 10.8 Å². The molecule has 0 saturated carbocycles. The van der Waals surface area contributed by atoms with Crippen molar-refractivity contribution in [3.05, 3.63) is 22.7 Å². The lowest BCUT2D eigenvalue weighted by Crippen LogP contribution is -2.39. The van der Waals surface area contributed by atoms with Gasteiger partial charge in [-0.2, -0.15) is 4.31 Å². The minimum atomic E-state index is -3.73. The van der Waals surface area contributed by atoms with Crippen LogP contribution in [0.5, 0.6) is 0 Å². The molecule has 0 atom stereocenters. The summed E-state index contributed by atoms with van der Waals surface area (Å²) in [5, 5.41) is 10.00. The predicted molar refractivity (Wildman–Crippen MR) is 76.7 cm³/mol. The fraction of sp³-hybridized carbons (Fsp3) is 0.500. The monoisotopic (exact) mass is 306 g/mol. The van der Waals surface area contributed by atoms with Crippen LogP contribution in [0.15, 0.2) is 17.0 Å². The predicted octanol–water partition coefficient (Wildman–Crippen LogP) is 1.62. The highest BCUT2D eigenvalue weighted by atomic mass is 35.5. The largest absolute Gasteiger partial charge is 0.398 e. The van der Waals surface area contributed by atoms with Crippen LogP contribution in [0.1, 0.15) is 19.4 Å². The first-order chi connectivity index (χ1) is 8.45. The first-order valence-corrected chi connectivity index (χ1v) is 7.51. The Bertz CT molecular complexity index is 556. The third-order valence-electron chi connectivity index (χ3n) is 2.68. The molecule has 7 heteroatoms. The topological polar surface area (TPSA) is 83.6 Å². The van der Waals surface area contributed by atoms with E-state index in [0.717, 1.165) is 4.31 Å². The van der Waals surface area contributed by atoms with Gasteiger partial charge in [0.05, 0.1) is 10.5 Å². The summed E-state index contributed by atoms with van der Waals surface area (Å²) < 4.78 is 25.7. The smallest absolute Gasteiger partial charge is 0.243 e. The zero-order valence-corrected chi connectivity index (χ0v) is 13.0. The van der Waals surface area contributed by atoms with Crippen molar-refractivity contribution >= 4 is 27.3 Å². The van der Waals surface area contributed by atoms with E-state index in [1.165, 1.54) is 33.0 Å². The maximum Gasteiger partial charge on any atom is 0.243 e. The Morgan fingerprint density at radius 1 is 1.42 bits per heavy atom. The lowest BCUT2D eigenvalue weighted by atomic mass is 10.1. The number of hydrogen-bond acceptors (Lipinski definition) is 4. The van der Waals surface area contributed by atoms with Gasteiger partial charge in [0.15, 0.2) is 0 Å². The zero-order chi connectivity index (χ0) is 15.0. The van der Waals surface area contributed by atoms with Crippen LogP contribution in [0.25, 0.3) is 0 Å². The number of anilines is 1. The van der Waals surface area contributed by atoms with Crippen molar-refractivity contribution in [2.24, 2.45) is 0 Å². The molecule has 0 radical (unpaired) electrons. The molecule has 0 saturated heterocycles. The Labute approximate surface area is 119 Å². The van der Waals surface area contributed by atoms with Crippen LogP contribution in [0.4, 0.5) is 5.69 Å². The molecule has 1 aromatic carbocycles. The number of nitrogens with zero attached hydrogens (tertiary/aromatic N) is 1. The van der Waals surface area contributed by atoms with E-state index in [-0.39, 0.29) is 11.4 Å². The number of likely N-dealkylation sites (N-methyl/N-ethyl adjacent to an activating group) is 1. The summed E-state index contributed by atoms with van der Waals surface area (Å²) in [4.78, 5) is 0.0207. The quantitative estimate of drug-likeness (QED) is 0.828. The number of sulfonamides is 1. The van der Waals surface area contributed by atoms with Crippen molar-refractivity contribution in [3.8, 4) is 0 Å². The summed E-state index contributed by atoms with van der Waals surface area (Å²) in [5.74, 6) is 0. The van der Waals surface area contributed by atoms with E-state index in [0.29, 0.717) is 16.3 Å². The average Bonchev–Trinajstić information content (AvgIpc) is 2.22. The second kappa shape index (κ2) is 5.28. The van der Waals surface area contributed by atoms with E-state index < -0.39 is 15.6 Å². The number of aliphatic hydroxyl groups is 1. The van der Waals surface area contributed by atoms with Crippen molar-refractivity contribution in [1.29, 1.82) is 0 Å². The maximum atomic E-state index is 12.3. The standard InChI is InChI=1S/C12H19ClN2O3S/c1-8-10(13)5-9(6-11(8)14)19(17,18)15(4)7-12(2,3)16/h5-6,16H,7,14H2,1-4H3. The molecule has 1 rings (SSSR count). The van der Waals surface area contributed by atoms with E-state index in [1.807, 2.05) is 0 Å². The van der Waals surface area contributed by atoms with Crippen LogP contribution < -0.4 is 5.73 Å². The summed E-state index contributed by atoms with van der Waals surface area (Å²) in [5.41, 5.74) is 5.57. The van der Waals surface area contributed by atoms with Gasteiger partial charge in [-0.3, -0.25) is 0 Å². The van der Waals surface area contributed by atoms with Gasteiger partial charge >= 0.3 is 0 Å². The SMILES string of the molecule is Cc1c(N)cc(S(=O)(=O)N(C)CC(C)(C)O)cc1Cl. The van der Waals surface area contributed by atoms with Crippen LogP contribution in [0, 0.1) is 6.92 Å². The molecule has 0 fully saturated rings. The first-order valence-electron chi connectivity index (χ1n) is 5.69. The lowest BCUT2D eigenvalue weighted by Gasteiger charge is -2.25. The van der Waals surface area contributed by atoms with Crippen molar-refractivity contribution in [2.45, 2.75) is 31.3 Å². The molecule has 0 amide bonds. The summed E-state index contributed by atoms with van der Waals surface area (Å²) in [6.45, 7) is 4.76. The minimum absolute atomic E-state index is 0.0207. The van der Waals surface area contributed by atoms with E-state index in [1.54, 1.807) is 6.92 Å². The van der Waals surface area contributed by atoms with Crippen LogP contribution in [-0.2, 0) is 10.0 Å². The maximum absolute atomic E-state index is 12.3. The molecule has 0 aromatic heterocycles. The molecule has 108 valence electrons. The Morgan fingerprint density at radius 3 is 2.37 bits per heavy atom. The molecule has 0 spiro atoms. The zero-order valence-electron chi connectivity index (χ0n) is 11.4. The molecule has 0 heterocycles. The van der Waals surface area contributed by atoms with Crippen molar-refractivity contribution in [2.75, 3.05) is 19.3 Å². The highest BCUT2D eigenvalue weighted by Gasteiger charge is 2.27. The summed E-state index contributed by atoms with van der Waals surface area (Å²) in [7, 11) is -2.32. The fourth-order valence-corrected chi connectivity index (χ4v) is 3.31. The highest BCUT2D eigenvalue weighted by Crippen LogP contribution is 2.27. The molecule has 0 unspecified atom stereocenters. The molecule has 5 nitrogen and oxygen atoms in total. The third kappa shape index (κ3) is 3.82. The number of rotatable bonds is 4. The van der Waals surface area contributed by atoms with Crippen molar-refractivity contribution in [1.82, 2.24) is 4.31 Å². The minimum Gasteiger partial charge on any atom is -0.398 e. The van der Waals surface area contributed by atoms with E-state index >= 15 is 0 Å². The lowest BCUT2D eigenvalue weighted by molar-refractivity contribution is 0.0640. The molecular weight excluding hydrogens is 288 g/mol. The summed E-state index contributed by atoms with van der Waals surface area (Å²) in [6.07, 6.45) is 0. The van der Waals surface area contributed by atoms with Gasteiger partial charge in [-0.15, -0.1) is 0 Å². The molecule has 19 heavy (non-hydrogen) atoms. The third-order valence-corrected chi connectivity index (χ3v) is 4.85. The van der Waals surface area contributed by atoms with Crippen LogP contribution in [-0.4, -0.2) is 37.0 Å². The Hall–Kier alpha value is -0.820. The molecule has 0 aliphatic carbocycles. The van der Waals surface area contributed by atoms with Gasteiger partial charge in [0.1, 0.15) is 0 Å². The fourth-order valence-electron chi connectivity index (χ4n) is 1.63. The second-order valence-corrected chi connectivity index (χ2v) is 7.64. The normalized spacial score (nSPS) is 13.0. The van der Waals surface area contributed by atoms with E-state index in [2.05, 4.69) is 0 Å². The molecule has 0 bridgehead atoms. The van der Waals surface area contributed by atoms with Gasteiger partial charge in [0.2, 0.25) is 10.0 Å². The average molecular weight is 307 g/mol. The summed E-state index contributed by atoms with van der Waals surface area (Å²) >= 11 is 5.95. The number of halogens is 1. The molecule has 0 aliphatic rings. The van der Waals surface area contributed by atoms with E-state index in [4.69, 9.17) is 17.3 Å². The molecule has 0 aliphatic heterocycles. The first kappa shape index (κ1) is 16.2. The van der Waals surface area contributed by atoms with Gasteiger partial charge in [0.25, 0.3) is 0 Å². The molecular formula is C12H19ClN2O3S. The number of nitrogens with two attached hydrogens (primary N) is 1. The van der Waals surface area contributed by atoms with Gasteiger partial charge in [0, 0.05) is 24.3 Å². The number of nitrogen functional groups attached to an aromatic ring is 1. The van der Waals surface area contributed by atoms with Crippen LogP contribution >= 0.6 is 11.6 Å². The second-order valence-electron chi connectivity index (χ2n) is 5.19.